The van der Waals surface area contributed by atoms with E-state index in [2.05, 4.69) is 14.9 Å². The van der Waals surface area contributed by atoms with Crippen LogP contribution in [0.4, 0.5) is 19.5 Å². The number of rotatable bonds is 6. The van der Waals surface area contributed by atoms with Crippen LogP contribution in [0.15, 0.2) is 48.7 Å². The van der Waals surface area contributed by atoms with Crippen molar-refractivity contribution in [1.29, 1.82) is 0 Å². The summed E-state index contributed by atoms with van der Waals surface area (Å²) in [6, 6.07) is 11.1. The third-order valence-corrected chi connectivity index (χ3v) is 7.44. The molecule has 1 saturated heterocycles. The van der Waals surface area contributed by atoms with E-state index in [9.17, 15) is 13.6 Å². The van der Waals surface area contributed by atoms with Crippen LogP contribution in [0.2, 0.25) is 10.0 Å². The minimum Gasteiger partial charge on any atom is -0.444 e. The van der Waals surface area contributed by atoms with E-state index < -0.39 is 17.2 Å². The van der Waals surface area contributed by atoms with Gasteiger partial charge in [0.1, 0.15) is 11.2 Å². The molecular formula is C30H31Cl2F2N5O2. The summed E-state index contributed by atoms with van der Waals surface area (Å²) >= 11 is 12.8. The second-order valence-electron chi connectivity index (χ2n) is 11.3. The van der Waals surface area contributed by atoms with Crippen LogP contribution in [0.25, 0.3) is 22.3 Å². The lowest BCUT2D eigenvalue weighted by Gasteiger charge is -2.34. The number of nitrogens with one attached hydrogen (secondary N) is 1. The number of amides is 1. The van der Waals surface area contributed by atoms with E-state index in [0.29, 0.717) is 46.8 Å². The number of carbonyl (C=O) groups is 1. The normalized spacial score (nSPS) is 15.8. The molecule has 1 amide bonds. The molecule has 2 aromatic carbocycles. The number of carbonyl (C=O) groups excluding carboxylic acids is 1. The molecule has 216 valence electrons. The van der Waals surface area contributed by atoms with Gasteiger partial charge in [-0.25, -0.2) is 18.6 Å². The predicted molar refractivity (Wildman–Crippen MR) is 157 cm³/mol. The maximum atomic E-state index is 13.7. The SMILES string of the molecule is CC(C)(C)OC(=O)N1CCCC(Cn2c(-c3ccc(Cl)cc3Cl)cc3cnc(NCc4ccc(F)c(F)c4)nc32)C1. The first kappa shape index (κ1) is 29.1. The highest BCUT2D eigenvalue weighted by Crippen LogP contribution is 2.35. The maximum absolute atomic E-state index is 13.7. The maximum Gasteiger partial charge on any atom is 0.410 e. The Kier molecular flexibility index (Phi) is 8.38. The van der Waals surface area contributed by atoms with Crippen molar-refractivity contribution in [3.05, 3.63) is 75.9 Å². The van der Waals surface area contributed by atoms with Crippen molar-refractivity contribution in [2.45, 2.75) is 52.3 Å². The average Bonchev–Trinajstić information content (AvgIpc) is 3.25. The molecule has 2 aromatic heterocycles. The highest BCUT2D eigenvalue weighted by atomic mass is 35.5. The highest BCUT2D eigenvalue weighted by Gasteiger charge is 2.29. The summed E-state index contributed by atoms with van der Waals surface area (Å²) in [4.78, 5) is 23.8. The van der Waals surface area contributed by atoms with Crippen LogP contribution in [0.1, 0.15) is 39.2 Å². The van der Waals surface area contributed by atoms with Crippen LogP contribution in [0.5, 0.6) is 0 Å². The van der Waals surface area contributed by atoms with Crippen LogP contribution in [0.3, 0.4) is 0 Å². The number of nitrogens with zero attached hydrogens (tertiary/aromatic N) is 4. The van der Waals surface area contributed by atoms with Crippen LogP contribution >= 0.6 is 23.2 Å². The molecule has 3 heterocycles. The fourth-order valence-corrected chi connectivity index (χ4v) is 5.53. The van der Waals surface area contributed by atoms with E-state index in [4.69, 9.17) is 32.9 Å². The number of ether oxygens (including phenoxy) is 1. The molecule has 1 aliphatic heterocycles. The highest BCUT2D eigenvalue weighted by molar-refractivity contribution is 6.36. The van der Waals surface area contributed by atoms with Crippen molar-refractivity contribution in [2.24, 2.45) is 5.92 Å². The summed E-state index contributed by atoms with van der Waals surface area (Å²) in [5.74, 6) is -1.32. The second-order valence-corrected chi connectivity index (χ2v) is 12.1. The van der Waals surface area contributed by atoms with Gasteiger partial charge < -0.3 is 19.5 Å². The first-order valence-corrected chi connectivity index (χ1v) is 14.2. The number of halogens is 4. The molecule has 0 spiro atoms. The number of anilines is 1. The Labute approximate surface area is 247 Å². The summed E-state index contributed by atoms with van der Waals surface area (Å²) in [6.45, 7) is 7.57. The summed E-state index contributed by atoms with van der Waals surface area (Å²) in [5, 5.41) is 4.95. The first-order chi connectivity index (χ1) is 19.5. The van der Waals surface area contributed by atoms with Crippen molar-refractivity contribution >= 4 is 46.3 Å². The van der Waals surface area contributed by atoms with E-state index in [1.54, 1.807) is 23.2 Å². The van der Waals surface area contributed by atoms with Gasteiger partial charge in [-0.2, -0.15) is 4.98 Å². The molecule has 41 heavy (non-hydrogen) atoms. The number of hydrogen-bond acceptors (Lipinski definition) is 5. The molecule has 0 saturated carbocycles. The van der Waals surface area contributed by atoms with E-state index in [-0.39, 0.29) is 18.6 Å². The number of aromatic nitrogens is 3. The summed E-state index contributed by atoms with van der Waals surface area (Å²) in [5.41, 5.74) is 2.32. The van der Waals surface area contributed by atoms with Gasteiger partial charge in [-0.1, -0.05) is 29.3 Å². The van der Waals surface area contributed by atoms with Crippen molar-refractivity contribution in [3.63, 3.8) is 0 Å². The molecule has 11 heteroatoms. The van der Waals surface area contributed by atoms with Crippen molar-refractivity contribution < 1.29 is 18.3 Å². The number of likely N-dealkylation sites (tertiary alicyclic amines) is 1. The lowest BCUT2D eigenvalue weighted by atomic mass is 9.98. The average molecular weight is 603 g/mol. The zero-order valence-electron chi connectivity index (χ0n) is 23.1. The van der Waals surface area contributed by atoms with Crippen molar-refractivity contribution in [1.82, 2.24) is 19.4 Å². The van der Waals surface area contributed by atoms with Gasteiger partial charge in [0.05, 0.1) is 10.7 Å². The largest absolute Gasteiger partial charge is 0.444 e. The molecule has 0 radical (unpaired) electrons. The Morgan fingerprint density at radius 1 is 1.12 bits per heavy atom. The standard InChI is InChI=1S/C30H31Cl2F2N5O2/c1-30(2,3)41-29(40)38-10-4-5-19(16-38)17-39-26(22-8-7-21(31)13-23(22)32)12-20-15-36-28(37-27(20)39)35-14-18-6-9-24(33)25(34)11-18/h6-9,11-13,15,19H,4-5,10,14,16-17H2,1-3H3,(H,35,36,37). The number of benzene rings is 2. The van der Waals surface area contributed by atoms with Gasteiger partial charge in [0.15, 0.2) is 11.6 Å². The van der Waals surface area contributed by atoms with E-state index >= 15 is 0 Å². The number of fused-ring (bicyclic) bond motifs is 1. The zero-order valence-corrected chi connectivity index (χ0v) is 24.6. The fraction of sp³-hybridized carbons (Fsp3) is 0.367. The Balaban J connectivity index is 1.46. The van der Waals surface area contributed by atoms with E-state index in [0.717, 1.165) is 41.6 Å². The fourth-order valence-electron chi connectivity index (χ4n) is 5.03. The predicted octanol–water partition coefficient (Wildman–Crippen LogP) is 7.94. The Morgan fingerprint density at radius 3 is 2.66 bits per heavy atom. The Morgan fingerprint density at radius 2 is 1.93 bits per heavy atom. The van der Waals surface area contributed by atoms with Gasteiger partial charge >= 0.3 is 6.09 Å². The van der Waals surface area contributed by atoms with Gasteiger partial charge in [0.25, 0.3) is 0 Å². The second kappa shape index (κ2) is 11.8. The third-order valence-electron chi connectivity index (χ3n) is 6.89. The number of piperidine rings is 1. The summed E-state index contributed by atoms with van der Waals surface area (Å²) < 4.78 is 34.7. The van der Waals surface area contributed by atoms with E-state index in [1.807, 2.05) is 32.9 Å². The van der Waals surface area contributed by atoms with Gasteiger partial charge in [-0.15, -0.1) is 0 Å². The lowest BCUT2D eigenvalue weighted by molar-refractivity contribution is 0.0158. The van der Waals surface area contributed by atoms with Crippen LogP contribution < -0.4 is 5.32 Å². The molecular weight excluding hydrogens is 571 g/mol. The quantitative estimate of drug-likeness (QED) is 0.243. The van der Waals surface area contributed by atoms with Crippen molar-refractivity contribution in [2.75, 3.05) is 18.4 Å². The van der Waals surface area contributed by atoms with Crippen LogP contribution in [-0.4, -0.2) is 44.2 Å². The van der Waals surface area contributed by atoms with Crippen LogP contribution in [-0.2, 0) is 17.8 Å². The van der Waals surface area contributed by atoms with Crippen molar-refractivity contribution in [3.8, 4) is 11.3 Å². The molecule has 1 fully saturated rings. The topological polar surface area (TPSA) is 72.3 Å². The molecule has 1 atom stereocenters. The lowest BCUT2D eigenvalue weighted by Crippen LogP contribution is -2.43. The van der Waals surface area contributed by atoms with Gasteiger partial charge in [0.2, 0.25) is 5.95 Å². The number of hydrogen-bond donors (Lipinski definition) is 1. The third kappa shape index (κ3) is 6.90. The molecule has 7 nitrogen and oxygen atoms in total. The molecule has 5 rings (SSSR count). The monoisotopic (exact) mass is 601 g/mol. The zero-order chi connectivity index (χ0) is 29.3. The van der Waals surface area contributed by atoms with Crippen LogP contribution in [0, 0.1) is 17.6 Å². The first-order valence-electron chi connectivity index (χ1n) is 13.4. The Hall–Kier alpha value is -3.43. The molecule has 0 bridgehead atoms. The minimum absolute atomic E-state index is 0.144. The Bertz CT molecular complexity index is 1590. The van der Waals surface area contributed by atoms with Gasteiger partial charge in [0, 0.05) is 48.3 Å². The smallest absolute Gasteiger partial charge is 0.410 e. The molecule has 1 N–H and O–H groups in total. The molecule has 1 unspecified atom stereocenters. The summed E-state index contributed by atoms with van der Waals surface area (Å²) in [6.07, 6.45) is 3.19. The molecule has 1 aliphatic rings. The summed E-state index contributed by atoms with van der Waals surface area (Å²) in [7, 11) is 0. The molecule has 4 aromatic rings. The van der Waals surface area contributed by atoms with Gasteiger partial charge in [-0.05, 0) is 81.5 Å². The molecule has 0 aliphatic carbocycles. The van der Waals surface area contributed by atoms with Gasteiger partial charge in [-0.3, -0.25) is 0 Å². The van der Waals surface area contributed by atoms with E-state index in [1.165, 1.54) is 6.07 Å². The minimum atomic E-state index is -0.910.